The molecule has 0 aromatic heterocycles. The van der Waals surface area contributed by atoms with Crippen molar-refractivity contribution in [3.05, 3.63) is 59.7 Å². The van der Waals surface area contributed by atoms with Gasteiger partial charge in [0, 0.05) is 24.9 Å². The molecular formula is C26H28N2O5. The van der Waals surface area contributed by atoms with Gasteiger partial charge in [0.05, 0.1) is 0 Å². The van der Waals surface area contributed by atoms with E-state index in [1.165, 1.54) is 4.90 Å². The molecule has 0 spiro atoms. The standard InChI is InChI=1S/C26H28N2O5/c1-2-17(11-23(29)28-14-16-12-26(28,13-16)24(30)31)27-25(32)33-15-22-20-9-5-3-7-18(20)19-8-4-6-10-21(19)22/h3-10,16-17,22H,2,11-15H2,1H3,(H,27,32)(H,30,31). The van der Waals surface area contributed by atoms with Crippen LogP contribution in [-0.2, 0) is 14.3 Å². The summed E-state index contributed by atoms with van der Waals surface area (Å²) < 4.78 is 5.60. The Kier molecular flexibility index (Phi) is 5.35. The quantitative estimate of drug-likeness (QED) is 0.672. The third-order valence-electron chi connectivity index (χ3n) is 7.49. The van der Waals surface area contributed by atoms with E-state index in [9.17, 15) is 19.5 Å². The molecule has 4 aliphatic rings. The Morgan fingerprint density at radius 3 is 2.27 bits per heavy atom. The molecule has 2 aromatic carbocycles. The highest BCUT2D eigenvalue weighted by Gasteiger charge is 2.62. The minimum absolute atomic E-state index is 0.0308. The van der Waals surface area contributed by atoms with Crippen molar-refractivity contribution in [3.8, 4) is 11.1 Å². The number of fused-ring (bicyclic) bond motifs is 4. The number of rotatable bonds is 7. The fourth-order valence-corrected chi connectivity index (χ4v) is 5.73. The van der Waals surface area contributed by atoms with E-state index in [1.54, 1.807) is 0 Å². The highest BCUT2D eigenvalue weighted by atomic mass is 16.5. The van der Waals surface area contributed by atoms with Gasteiger partial charge < -0.3 is 20.1 Å². The average molecular weight is 449 g/mol. The predicted molar refractivity (Wildman–Crippen MR) is 122 cm³/mol. The van der Waals surface area contributed by atoms with Crippen LogP contribution in [0.25, 0.3) is 11.1 Å². The van der Waals surface area contributed by atoms with Gasteiger partial charge in [-0.25, -0.2) is 9.59 Å². The van der Waals surface area contributed by atoms with Crippen molar-refractivity contribution >= 4 is 18.0 Å². The van der Waals surface area contributed by atoms with Gasteiger partial charge in [-0.15, -0.1) is 0 Å². The van der Waals surface area contributed by atoms with Gasteiger partial charge in [0.2, 0.25) is 5.91 Å². The molecule has 1 unspecified atom stereocenters. The molecule has 7 nitrogen and oxygen atoms in total. The molecule has 2 N–H and O–H groups in total. The molecule has 6 rings (SSSR count). The highest BCUT2D eigenvalue weighted by molar-refractivity contribution is 5.90. The summed E-state index contributed by atoms with van der Waals surface area (Å²) in [4.78, 5) is 38.7. The molecule has 33 heavy (non-hydrogen) atoms. The molecule has 2 heterocycles. The van der Waals surface area contributed by atoms with Crippen LogP contribution in [0.1, 0.15) is 49.7 Å². The number of ether oxygens (including phenoxy) is 1. The smallest absolute Gasteiger partial charge is 0.407 e. The fraction of sp³-hybridized carbons (Fsp3) is 0.423. The van der Waals surface area contributed by atoms with E-state index < -0.39 is 23.6 Å². The van der Waals surface area contributed by atoms with E-state index in [1.807, 2.05) is 31.2 Å². The summed E-state index contributed by atoms with van der Waals surface area (Å²) in [5.41, 5.74) is 3.57. The summed E-state index contributed by atoms with van der Waals surface area (Å²) in [6.07, 6.45) is 1.13. The predicted octanol–water partition coefficient (Wildman–Crippen LogP) is 3.77. The second kappa shape index (κ2) is 8.21. The zero-order valence-corrected chi connectivity index (χ0v) is 18.6. The monoisotopic (exact) mass is 448 g/mol. The minimum atomic E-state index is -1.04. The third kappa shape index (κ3) is 3.56. The van der Waals surface area contributed by atoms with Crippen LogP contribution in [0.5, 0.6) is 0 Å². The number of nitrogens with one attached hydrogen (secondary N) is 1. The molecular weight excluding hydrogens is 420 g/mol. The fourth-order valence-electron chi connectivity index (χ4n) is 5.73. The van der Waals surface area contributed by atoms with E-state index in [0.717, 1.165) is 22.3 Å². The van der Waals surface area contributed by atoms with Gasteiger partial charge in [0.25, 0.3) is 0 Å². The molecule has 0 radical (unpaired) electrons. The molecule has 2 aromatic rings. The van der Waals surface area contributed by atoms with Gasteiger partial charge in [-0.3, -0.25) is 4.79 Å². The average Bonchev–Trinajstić information content (AvgIpc) is 3.46. The van der Waals surface area contributed by atoms with Crippen LogP contribution in [0.2, 0.25) is 0 Å². The van der Waals surface area contributed by atoms with Crippen LogP contribution < -0.4 is 5.32 Å². The summed E-state index contributed by atoms with van der Waals surface area (Å²) in [5.74, 6) is -0.901. The van der Waals surface area contributed by atoms with Crippen LogP contribution in [-0.4, -0.2) is 52.7 Å². The van der Waals surface area contributed by atoms with Gasteiger partial charge in [0.1, 0.15) is 12.1 Å². The number of alkyl carbamates (subject to hydrolysis) is 1. The van der Waals surface area contributed by atoms with Crippen molar-refractivity contribution in [2.24, 2.45) is 5.92 Å². The van der Waals surface area contributed by atoms with Crippen molar-refractivity contribution in [1.29, 1.82) is 0 Å². The van der Waals surface area contributed by atoms with E-state index in [4.69, 9.17) is 4.74 Å². The Morgan fingerprint density at radius 1 is 1.09 bits per heavy atom. The topological polar surface area (TPSA) is 95.9 Å². The molecule has 3 fully saturated rings. The third-order valence-corrected chi connectivity index (χ3v) is 7.49. The van der Waals surface area contributed by atoms with Crippen molar-refractivity contribution < 1.29 is 24.2 Å². The van der Waals surface area contributed by atoms with Crippen molar-refractivity contribution in [3.63, 3.8) is 0 Å². The molecule has 2 bridgehead atoms. The molecule has 172 valence electrons. The zero-order valence-electron chi connectivity index (χ0n) is 18.6. The first-order valence-corrected chi connectivity index (χ1v) is 11.6. The van der Waals surface area contributed by atoms with E-state index in [0.29, 0.717) is 25.8 Å². The highest BCUT2D eigenvalue weighted by Crippen LogP contribution is 2.51. The Morgan fingerprint density at radius 2 is 1.70 bits per heavy atom. The van der Waals surface area contributed by atoms with Crippen molar-refractivity contribution in [1.82, 2.24) is 10.2 Å². The number of benzene rings is 2. The van der Waals surface area contributed by atoms with Gasteiger partial charge >= 0.3 is 12.1 Å². The van der Waals surface area contributed by atoms with Crippen LogP contribution in [0.3, 0.4) is 0 Å². The first kappa shape index (κ1) is 21.5. The lowest BCUT2D eigenvalue weighted by Crippen LogP contribution is -2.55. The van der Waals surface area contributed by atoms with E-state index >= 15 is 0 Å². The molecule has 2 aliphatic heterocycles. The SMILES string of the molecule is CCC(CC(=O)N1CC2CC1(C(=O)O)C2)NC(=O)OCC1c2ccccc2-c2ccccc21. The second-order valence-corrected chi connectivity index (χ2v) is 9.39. The maximum Gasteiger partial charge on any atom is 0.407 e. The Bertz CT molecular complexity index is 1060. The lowest BCUT2D eigenvalue weighted by atomic mass is 9.73. The number of carboxylic acids is 1. The maximum absolute atomic E-state index is 12.9. The lowest BCUT2D eigenvalue weighted by Gasteiger charge is -2.38. The molecule has 1 saturated carbocycles. The number of hydrogen-bond acceptors (Lipinski definition) is 4. The van der Waals surface area contributed by atoms with Crippen molar-refractivity contribution in [2.75, 3.05) is 13.2 Å². The minimum Gasteiger partial charge on any atom is -0.479 e. The first-order chi connectivity index (χ1) is 15.9. The second-order valence-electron chi connectivity index (χ2n) is 9.39. The lowest BCUT2D eigenvalue weighted by molar-refractivity contribution is -0.158. The van der Waals surface area contributed by atoms with Crippen LogP contribution in [0, 0.1) is 5.92 Å². The van der Waals surface area contributed by atoms with Crippen LogP contribution in [0.15, 0.2) is 48.5 Å². The molecule has 7 heteroatoms. The van der Waals surface area contributed by atoms with Crippen LogP contribution in [0.4, 0.5) is 4.79 Å². The van der Waals surface area contributed by atoms with Crippen molar-refractivity contribution in [2.45, 2.75) is 50.1 Å². The van der Waals surface area contributed by atoms with Gasteiger partial charge in [-0.1, -0.05) is 55.5 Å². The first-order valence-electron chi connectivity index (χ1n) is 11.6. The molecule has 2 aliphatic carbocycles. The van der Waals surface area contributed by atoms with E-state index in [-0.39, 0.29) is 30.8 Å². The number of carboxylic acid groups (broad SMARTS) is 1. The summed E-state index contributed by atoms with van der Waals surface area (Å²) >= 11 is 0. The molecule has 2 saturated heterocycles. The molecule has 2 amide bonds. The summed E-state index contributed by atoms with van der Waals surface area (Å²) in [7, 11) is 0. The number of amides is 2. The largest absolute Gasteiger partial charge is 0.479 e. The zero-order chi connectivity index (χ0) is 23.2. The number of carbonyl (C=O) groups excluding carboxylic acids is 2. The van der Waals surface area contributed by atoms with Gasteiger partial charge in [0.15, 0.2) is 0 Å². The number of carbonyl (C=O) groups is 3. The Balaban J connectivity index is 1.20. The Hall–Kier alpha value is -3.35. The number of aliphatic carboxylic acids is 1. The summed E-state index contributed by atoms with van der Waals surface area (Å²) in [6, 6.07) is 15.9. The maximum atomic E-state index is 12.9. The normalized spacial score (nSPS) is 23.3. The Labute approximate surface area is 192 Å². The van der Waals surface area contributed by atoms with E-state index in [2.05, 4.69) is 29.6 Å². The summed E-state index contributed by atoms with van der Waals surface area (Å²) in [6.45, 7) is 2.59. The summed E-state index contributed by atoms with van der Waals surface area (Å²) in [5, 5.41) is 12.4. The van der Waals surface area contributed by atoms with Gasteiger partial charge in [-0.2, -0.15) is 0 Å². The van der Waals surface area contributed by atoms with Crippen LogP contribution >= 0.6 is 0 Å². The molecule has 1 atom stereocenters. The number of hydrogen-bond donors (Lipinski definition) is 2. The van der Waals surface area contributed by atoms with Gasteiger partial charge in [-0.05, 0) is 47.4 Å². The number of nitrogens with zero attached hydrogens (tertiary/aromatic N) is 1.